The first-order valence-corrected chi connectivity index (χ1v) is 8.91. The molecule has 0 radical (unpaired) electrons. The van der Waals surface area contributed by atoms with Gasteiger partial charge in [-0.05, 0) is 43.7 Å². The van der Waals surface area contributed by atoms with Gasteiger partial charge < -0.3 is 15.0 Å². The molecule has 2 amide bonds. The third-order valence-electron chi connectivity index (χ3n) is 4.27. The van der Waals surface area contributed by atoms with E-state index >= 15 is 0 Å². The van der Waals surface area contributed by atoms with Crippen LogP contribution in [0, 0.1) is 6.92 Å². The van der Waals surface area contributed by atoms with Gasteiger partial charge in [0, 0.05) is 29.7 Å². The monoisotopic (exact) mass is 372 g/mol. The molecule has 0 saturated carbocycles. The molecule has 3 rings (SSSR count). The van der Waals surface area contributed by atoms with Crippen LogP contribution < -0.4 is 15.0 Å². The normalized spacial score (nSPS) is 15.7. The zero-order chi connectivity index (χ0) is 18.7. The Kier molecular flexibility index (Phi) is 5.47. The van der Waals surface area contributed by atoms with Crippen LogP contribution in [0.4, 0.5) is 5.69 Å². The molecule has 5 nitrogen and oxygen atoms in total. The van der Waals surface area contributed by atoms with Crippen LogP contribution in [0.15, 0.2) is 42.5 Å². The van der Waals surface area contributed by atoms with Gasteiger partial charge in [0.15, 0.2) is 0 Å². The van der Waals surface area contributed by atoms with Crippen molar-refractivity contribution in [3.63, 3.8) is 0 Å². The van der Waals surface area contributed by atoms with Crippen molar-refractivity contribution in [1.82, 2.24) is 5.32 Å². The zero-order valence-corrected chi connectivity index (χ0v) is 15.5. The molecule has 0 saturated heterocycles. The Hall–Kier alpha value is -2.53. The van der Waals surface area contributed by atoms with Crippen molar-refractivity contribution < 1.29 is 14.3 Å². The molecule has 1 atom stereocenters. The Morgan fingerprint density at radius 3 is 2.65 bits per heavy atom. The summed E-state index contributed by atoms with van der Waals surface area (Å²) in [6.45, 7) is 4.43. The van der Waals surface area contributed by atoms with Gasteiger partial charge in [-0.15, -0.1) is 0 Å². The van der Waals surface area contributed by atoms with Crippen molar-refractivity contribution in [1.29, 1.82) is 0 Å². The summed E-state index contributed by atoms with van der Waals surface area (Å²) >= 11 is 6.06. The summed E-state index contributed by atoms with van der Waals surface area (Å²) < 4.78 is 5.73. The number of hydrogen-bond acceptors (Lipinski definition) is 3. The minimum Gasteiger partial charge on any atom is -0.494 e. The Morgan fingerprint density at radius 2 is 1.96 bits per heavy atom. The first-order chi connectivity index (χ1) is 12.5. The van der Waals surface area contributed by atoms with E-state index in [1.165, 1.54) is 12.5 Å². The number of amides is 2. The van der Waals surface area contributed by atoms with Crippen LogP contribution in [0.2, 0.25) is 5.02 Å². The highest BCUT2D eigenvalue weighted by molar-refractivity contribution is 6.31. The van der Waals surface area contributed by atoms with Crippen LogP contribution in [-0.4, -0.2) is 25.0 Å². The molecule has 2 aromatic rings. The minimum absolute atomic E-state index is 0.146. The van der Waals surface area contributed by atoms with Crippen molar-refractivity contribution in [3.8, 4) is 5.75 Å². The number of anilines is 1. The van der Waals surface area contributed by atoms with Crippen LogP contribution >= 0.6 is 11.6 Å². The predicted octanol–water partition coefficient (Wildman–Crippen LogP) is 3.64. The number of nitrogens with one attached hydrogen (secondary N) is 1. The number of nitrogens with zero attached hydrogens (tertiary/aromatic N) is 1. The molecule has 0 fully saturated rings. The Labute approximate surface area is 157 Å². The standard InChI is InChI=1S/C20H21ClN2O3/c1-13-4-7-16(8-5-13)26-11-3-10-23-18-9-6-15(21)12-17(18)19(20(23)25)22-14(2)24/h4-9,12,19H,3,10-11H2,1-2H3,(H,22,24)/t19-/m1/s1. The highest BCUT2D eigenvalue weighted by Crippen LogP contribution is 2.37. The van der Waals surface area contributed by atoms with Crippen molar-refractivity contribution in [2.45, 2.75) is 26.3 Å². The van der Waals surface area contributed by atoms with Crippen LogP contribution in [0.5, 0.6) is 5.75 Å². The second-order valence-electron chi connectivity index (χ2n) is 6.34. The fourth-order valence-electron chi connectivity index (χ4n) is 3.03. The van der Waals surface area contributed by atoms with Gasteiger partial charge in [0.1, 0.15) is 11.8 Å². The first-order valence-electron chi connectivity index (χ1n) is 8.53. The van der Waals surface area contributed by atoms with E-state index in [4.69, 9.17) is 16.3 Å². The molecule has 26 heavy (non-hydrogen) atoms. The zero-order valence-electron chi connectivity index (χ0n) is 14.8. The lowest BCUT2D eigenvalue weighted by Crippen LogP contribution is -2.37. The number of ether oxygens (including phenoxy) is 1. The van der Waals surface area contributed by atoms with Gasteiger partial charge in [0.2, 0.25) is 5.91 Å². The van der Waals surface area contributed by atoms with Gasteiger partial charge >= 0.3 is 0 Å². The summed E-state index contributed by atoms with van der Waals surface area (Å²) in [6.07, 6.45) is 0.675. The lowest BCUT2D eigenvalue weighted by atomic mass is 10.1. The third kappa shape index (κ3) is 3.99. The van der Waals surface area contributed by atoms with Gasteiger partial charge in [-0.2, -0.15) is 0 Å². The number of hydrogen-bond donors (Lipinski definition) is 1. The molecule has 1 aliphatic heterocycles. The van der Waals surface area contributed by atoms with E-state index in [2.05, 4.69) is 5.32 Å². The van der Waals surface area contributed by atoms with E-state index in [9.17, 15) is 9.59 Å². The maximum atomic E-state index is 12.7. The fourth-order valence-corrected chi connectivity index (χ4v) is 3.21. The maximum absolute atomic E-state index is 12.7. The third-order valence-corrected chi connectivity index (χ3v) is 4.50. The molecule has 1 N–H and O–H groups in total. The molecule has 1 heterocycles. The summed E-state index contributed by atoms with van der Waals surface area (Å²) in [7, 11) is 0. The lowest BCUT2D eigenvalue weighted by Gasteiger charge is -2.18. The van der Waals surface area contributed by atoms with E-state index in [-0.39, 0.29) is 11.8 Å². The van der Waals surface area contributed by atoms with Crippen LogP contribution in [-0.2, 0) is 9.59 Å². The number of carbonyl (C=O) groups excluding carboxylic acids is 2. The number of benzene rings is 2. The van der Waals surface area contributed by atoms with Crippen molar-refractivity contribution in [3.05, 3.63) is 58.6 Å². The van der Waals surface area contributed by atoms with Gasteiger partial charge in [-0.3, -0.25) is 9.59 Å². The molecule has 136 valence electrons. The number of carbonyl (C=O) groups is 2. The van der Waals surface area contributed by atoms with E-state index in [1.54, 1.807) is 17.0 Å². The number of rotatable bonds is 6. The van der Waals surface area contributed by atoms with E-state index in [1.807, 2.05) is 37.3 Å². The Balaban J connectivity index is 1.65. The molecular weight excluding hydrogens is 352 g/mol. The second-order valence-corrected chi connectivity index (χ2v) is 6.78. The summed E-state index contributed by atoms with van der Waals surface area (Å²) in [4.78, 5) is 25.9. The van der Waals surface area contributed by atoms with Crippen LogP contribution in [0.1, 0.15) is 30.5 Å². The topological polar surface area (TPSA) is 58.6 Å². The van der Waals surface area contributed by atoms with Gasteiger partial charge in [0.05, 0.1) is 6.61 Å². The minimum atomic E-state index is -0.681. The first kappa shape index (κ1) is 18.3. The average molecular weight is 373 g/mol. The van der Waals surface area contributed by atoms with Crippen molar-refractivity contribution in [2.24, 2.45) is 0 Å². The van der Waals surface area contributed by atoms with E-state index < -0.39 is 6.04 Å². The average Bonchev–Trinajstić information content (AvgIpc) is 2.84. The molecular formula is C20H21ClN2O3. The largest absolute Gasteiger partial charge is 0.494 e. The SMILES string of the molecule is CC(=O)N[C@H]1C(=O)N(CCCOc2ccc(C)cc2)c2ccc(Cl)cc21. The smallest absolute Gasteiger partial charge is 0.254 e. The summed E-state index contributed by atoms with van der Waals surface area (Å²) in [5.41, 5.74) is 2.70. The van der Waals surface area contributed by atoms with Crippen molar-refractivity contribution in [2.75, 3.05) is 18.1 Å². The summed E-state index contributed by atoms with van der Waals surface area (Å²) in [6, 6.07) is 12.5. The van der Waals surface area contributed by atoms with Crippen molar-refractivity contribution >= 4 is 29.1 Å². The highest BCUT2D eigenvalue weighted by Gasteiger charge is 2.37. The Morgan fingerprint density at radius 1 is 1.23 bits per heavy atom. The molecule has 0 aliphatic carbocycles. The number of halogens is 1. The summed E-state index contributed by atoms with van der Waals surface area (Å²) in [5, 5.41) is 3.24. The predicted molar refractivity (Wildman–Crippen MR) is 102 cm³/mol. The molecule has 1 aliphatic rings. The maximum Gasteiger partial charge on any atom is 0.254 e. The fraction of sp³-hybridized carbons (Fsp3) is 0.300. The second kappa shape index (κ2) is 7.79. The molecule has 6 heteroatoms. The van der Waals surface area contributed by atoms with Crippen LogP contribution in [0.3, 0.4) is 0 Å². The highest BCUT2D eigenvalue weighted by atomic mass is 35.5. The van der Waals surface area contributed by atoms with Crippen LogP contribution in [0.25, 0.3) is 0 Å². The molecule has 0 spiro atoms. The van der Waals surface area contributed by atoms with E-state index in [0.717, 1.165) is 17.0 Å². The van der Waals surface area contributed by atoms with Gasteiger partial charge in [-0.25, -0.2) is 0 Å². The molecule has 0 bridgehead atoms. The van der Waals surface area contributed by atoms with Gasteiger partial charge in [0.25, 0.3) is 5.91 Å². The number of aryl methyl sites for hydroxylation is 1. The number of fused-ring (bicyclic) bond motifs is 1. The summed E-state index contributed by atoms with van der Waals surface area (Å²) in [5.74, 6) is 0.415. The molecule has 2 aromatic carbocycles. The quantitative estimate of drug-likeness (QED) is 0.787. The molecule has 0 aromatic heterocycles. The lowest BCUT2D eigenvalue weighted by molar-refractivity contribution is -0.126. The Bertz CT molecular complexity index is 820. The van der Waals surface area contributed by atoms with Gasteiger partial charge in [-0.1, -0.05) is 29.3 Å². The molecule has 0 unspecified atom stereocenters. The van der Waals surface area contributed by atoms with E-state index in [0.29, 0.717) is 24.6 Å².